The minimum absolute atomic E-state index is 0.0116. The van der Waals surface area contributed by atoms with Gasteiger partial charge in [-0.1, -0.05) is 220 Å². The van der Waals surface area contributed by atoms with Gasteiger partial charge in [0.2, 0.25) is 5.91 Å². The van der Waals surface area contributed by atoms with Crippen molar-refractivity contribution in [3.05, 3.63) is 109 Å². The summed E-state index contributed by atoms with van der Waals surface area (Å²) in [6.45, 7) is 6.14. The van der Waals surface area contributed by atoms with Crippen molar-refractivity contribution in [2.45, 2.75) is 200 Å². The van der Waals surface area contributed by atoms with Crippen molar-refractivity contribution in [2.75, 3.05) is 6.61 Å². The van der Waals surface area contributed by atoms with Gasteiger partial charge in [0.25, 0.3) is 0 Å². The standard InChI is InChI=1S/C52H85NO5/c1-4-7-10-13-16-19-22-24-25-27-30-33-36-39-42-45-52(57)58-48(43-40-37-34-31-29-26-23-20-17-14-11-8-5-2)46-51(56)53-49(47-54)50(55)44-41-38-35-32-28-21-18-15-12-9-6-3/h7-8,10-11,13-14,16-17,19-20,22-26,29,31,34,48-50,54-55H,4-6,9,12,15,18,21,27-28,30,32-33,35-47H2,1-3H3,(H,53,56)/b10-7+,11-8+,16-13+,17-14+,22-19+,23-20-,25-24-,29-26-,34-31+. The van der Waals surface area contributed by atoms with Crippen molar-refractivity contribution >= 4 is 11.9 Å². The number of hydrogen-bond donors (Lipinski definition) is 3. The minimum atomic E-state index is -0.816. The highest BCUT2D eigenvalue weighted by Gasteiger charge is 2.24. The fraction of sp³-hybridized carbons (Fsp3) is 0.615. The van der Waals surface area contributed by atoms with Gasteiger partial charge in [-0.2, -0.15) is 0 Å². The Morgan fingerprint density at radius 2 is 0.948 bits per heavy atom. The first kappa shape index (κ1) is 54.5. The molecule has 0 heterocycles. The highest BCUT2D eigenvalue weighted by atomic mass is 16.5. The largest absolute Gasteiger partial charge is 0.462 e. The van der Waals surface area contributed by atoms with Crippen molar-refractivity contribution < 1.29 is 24.5 Å². The lowest BCUT2D eigenvalue weighted by Gasteiger charge is -2.24. The Hall–Kier alpha value is -3.48. The quantitative estimate of drug-likeness (QED) is 0.0327. The van der Waals surface area contributed by atoms with E-state index in [1.807, 2.05) is 66.8 Å². The number of aliphatic hydroxyl groups excluding tert-OH is 2. The maximum atomic E-state index is 13.1. The van der Waals surface area contributed by atoms with Crippen LogP contribution >= 0.6 is 0 Å². The Bertz CT molecular complexity index is 1220. The zero-order valence-electron chi connectivity index (χ0n) is 37.1. The van der Waals surface area contributed by atoms with E-state index in [1.165, 1.54) is 51.4 Å². The second kappa shape index (κ2) is 44.6. The average Bonchev–Trinajstić information content (AvgIpc) is 3.22. The van der Waals surface area contributed by atoms with E-state index in [4.69, 9.17) is 4.74 Å². The van der Waals surface area contributed by atoms with E-state index >= 15 is 0 Å². The molecule has 0 bridgehead atoms. The van der Waals surface area contributed by atoms with Crippen LogP contribution in [-0.2, 0) is 14.3 Å². The third-order valence-electron chi connectivity index (χ3n) is 9.82. The van der Waals surface area contributed by atoms with Crippen LogP contribution in [0.2, 0.25) is 0 Å². The summed E-state index contributed by atoms with van der Waals surface area (Å²) in [5.41, 5.74) is 0. The number of nitrogens with one attached hydrogen (secondary N) is 1. The van der Waals surface area contributed by atoms with E-state index in [9.17, 15) is 19.8 Å². The van der Waals surface area contributed by atoms with E-state index < -0.39 is 18.2 Å². The van der Waals surface area contributed by atoms with Gasteiger partial charge in [0.1, 0.15) is 6.10 Å². The lowest BCUT2D eigenvalue weighted by Crippen LogP contribution is -2.46. The van der Waals surface area contributed by atoms with E-state index in [-0.39, 0.29) is 24.9 Å². The van der Waals surface area contributed by atoms with Gasteiger partial charge in [0.15, 0.2) is 0 Å². The Morgan fingerprint density at radius 1 is 0.517 bits per heavy atom. The Balaban J connectivity index is 4.79. The molecule has 0 aromatic heterocycles. The van der Waals surface area contributed by atoms with Crippen LogP contribution in [0.5, 0.6) is 0 Å². The summed E-state index contributed by atoms with van der Waals surface area (Å²) < 4.78 is 5.86. The Labute approximate surface area is 356 Å². The number of esters is 1. The first-order valence-electron chi connectivity index (χ1n) is 23.2. The minimum Gasteiger partial charge on any atom is -0.462 e. The van der Waals surface area contributed by atoms with Gasteiger partial charge < -0.3 is 20.3 Å². The van der Waals surface area contributed by atoms with Crippen molar-refractivity contribution in [3.8, 4) is 0 Å². The van der Waals surface area contributed by atoms with Crippen LogP contribution in [-0.4, -0.2) is 46.9 Å². The molecule has 328 valence electrons. The van der Waals surface area contributed by atoms with Crippen LogP contribution in [0.4, 0.5) is 0 Å². The maximum Gasteiger partial charge on any atom is 0.306 e. The molecule has 0 aliphatic heterocycles. The van der Waals surface area contributed by atoms with E-state index in [0.717, 1.165) is 83.5 Å². The highest BCUT2D eigenvalue weighted by Crippen LogP contribution is 2.16. The maximum absolute atomic E-state index is 13.1. The predicted octanol–water partition coefficient (Wildman–Crippen LogP) is 13.6. The third kappa shape index (κ3) is 39.4. The number of ether oxygens (including phenoxy) is 1. The van der Waals surface area contributed by atoms with Crippen molar-refractivity contribution in [1.29, 1.82) is 0 Å². The smallest absolute Gasteiger partial charge is 0.306 e. The van der Waals surface area contributed by atoms with Gasteiger partial charge in [-0.3, -0.25) is 9.59 Å². The fourth-order valence-electron chi connectivity index (χ4n) is 6.35. The molecule has 1 amide bonds. The van der Waals surface area contributed by atoms with Crippen molar-refractivity contribution in [1.82, 2.24) is 5.32 Å². The number of amides is 1. The van der Waals surface area contributed by atoms with Gasteiger partial charge in [0.05, 0.1) is 25.2 Å². The molecule has 0 saturated heterocycles. The molecule has 0 aliphatic rings. The third-order valence-corrected chi connectivity index (χ3v) is 9.82. The second-order valence-corrected chi connectivity index (χ2v) is 15.3. The number of carbonyl (C=O) groups excluding carboxylic acids is 2. The summed E-state index contributed by atoms with van der Waals surface area (Å²) in [7, 11) is 0. The molecule has 0 saturated carbocycles. The number of unbranched alkanes of at least 4 members (excludes halogenated alkanes) is 16. The normalized spacial score (nSPS) is 14.4. The molecule has 0 rings (SSSR count). The van der Waals surface area contributed by atoms with Crippen LogP contribution in [0.15, 0.2) is 109 Å². The Kier molecular flexibility index (Phi) is 41.9. The molecule has 3 atom stereocenters. The summed E-state index contributed by atoms with van der Waals surface area (Å²) in [6.07, 6.45) is 60.0. The Morgan fingerprint density at radius 3 is 1.45 bits per heavy atom. The first-order valence-corrected chi connectivity index (χ1v) is 23.2. The van der Waals surface area contributed by atoms with Gasteiger partial charge in [-0.05, 0) is 57.8 Å². The SMILES string of the molecule is CC/C=C/C=C/C=C\C=C/C=C/CCCC(CC(=O)NC(CO)C(O)CCCCCCCCCCCCC)OC(=O)CCCCCCC\C=C/C=C/C=C/C=C/CC. The topological polar surface area (TPSA) is 95.9 Å². The van der Waals surface area contributed by atoms with Gasteiger partial charge in [-0.25, -0.2) is 0 Å². The number of rotatable bonds is 39. The molecule has 0 aliphatic carbocycles. The zero-order chi connectivity index (χ0) is 42.4. The highest BCUT2D eigenvalue weighted by molar-refractivity contribution is 5.77. The number of hydrogen-bond acceptors (Lipinski definition) is 5. The summed E-state index contributed by atoms with van der Waals surface area (Å²) in [5.74, 6) is -0.587. The molecule has 0 aromatic carbocycles. The summed E-state index contributed by atoms with van der Waals surface area (Å²) >= 11 is 0. The second-order valence-electron chi connectivity index (χ2n) is 15.3. The van der Waals surface area contributed by atoms with E-state index in [1.54, 1.807) is 0 Å². The molecule has 3 unspecified atom stereocenters. The summed E-state index contributed by atoms with van der Waals surface area (Å²) in [5, 5.41) is 23.6. The molecule has 6 nitrogen and oxygen atoms in total. The van der Waals surface area contributed by atoms with Gasteiger partial charge in [-0.15, -0.1) is 0 Å². The number of carbonyl (C=O) groups is 2. The van der Waals surface area contributed by atoms with Crippen molar-refractivity contribution in [3.63, 3.8) is 0 Å². The van der Waals surface area contributed by atoms with E-state index in [0.29, 0.717) is 19.3 Å². The molecular weight excluding hydrogens is 719 g/mol. The van der Waals surface area contributed by atoms with Crippen LogP contribution < -0.4 is 5.32 Å². The van der Waals surface area contributed by atoms with Crippen LogP contribution in [0.1, 0.15) is 181 Å². The summed E-state index contributed by atoms with van der Waals surface area (Å²) in [6, 6.07) is -0.735. The van der Waals surface area contributed by atoms with Crippen LogP contribution in [0.25, 0.3) is 0 Å². The predicted molar refractivity (Wildman–Crippen MR) is 250 cm³/mol. The molecule has 6 heteroatoms. The lowest BCUT2D eigenvalue weighted by molar-refractivity contribution is -0.151. The zero-order valence-corrected chi connectivity index (χ0v) is 37.1. The molecule has 0 fully saturated rings. The van der Waals surface area contributed by atoms with Crippen LogP contribution in [0.3, 0.4) is 0 Å². The van der Waals surface area contributed by atoms with Gasteiger partial charge >= 0.3 is 5.97 Å². The molecule has 0 radical (unpaired) electrons. The fourth-order valence-corrected chi connectivity index (χ4v) is 6.35. The lowest BCUT2D eigenvalue weighted by atomic mass is 10.0. The molecule has 58 heavy (non-hydrogen) atoms. The number of allylic oxidation sites excluding steroid dienone is 18. The molecule has 0 spiro atoms. The molecule has 0 aromatic rings. The van der Waals surface area contributed by atoms with Gasteiger partial charge in [0, 0.05) is 6.42 Å². The van der Waals surface area contributed by atoms with E-state index in [2.05, 4.69) is 68.6 Å². The van der Waals surface area contributed by atoms with Crippen LogP contribution in [0, 0.1) is 0 Å². The number of aliphatic hydroxyl groups is 2. The van der Waals surface area contributed by atoms with Crippen molar-refractivity contribution in [2.24, 2.45) is 0 Å². The average molecular weight is 804 g/mol. The monoisotopic (exact) mass is 804 g/mol. The molecular formula is C52H85NO5. The first-order chi connectivity index (χ1) is 28.5. The molecule has 3 N–H and O–H groups in total. The summed E-state index contributed by atoms with van der Waals surface area (Å²) in [4.78, 5) is 26.0.